The molecule has 2 aromatic rings. The summed E-state index contributed by atoms with van der Waals surface area (Å²) in [5, 5.41) is 0. The normalized spacial score (nSPS) is 18.5. The van der Waals surface area contributed by atoms with Crippen LogP contribution in [0.15, 0.2) is 58.3 Å². The first kappa shape index (κ1) is 17.9. The van der Waals surface area contributed by atoms with Gasteiger partial charge in [0.25, 0.3) is 0 Å². The second-order valence-electron chi connectivity index (χ2n) is 6.69. The van der Waals surface area contributed by atoms with Crippen molar-refractivity contribution in [1.82, 2.24) is 4.90 Å². The average molecular weight is 382 g/mol. The fourth-order valence-corrected chi connectivity index (χ4v) is 4.71. The van der Waals surface area contributed by atoms with Crippen molar-refractivity contribution in [2.75, 3.05) is 24.6 Å². The average Bonchev–Trinajstić information content (AvgIpc) is 2.71. The lowest BCUT2D eigenvalue weighted by molar-refractivity contribution is -0.149. The van der Waals surface area contributed by atoms with Gasteiger partial charge in [-0.1, -0.05) is 36.0 Å². The number of para-hydroxylation sites is 2. The first-order chi connectivity index (χ1) is 13.2. The van der Waals surface area contributed by atoms with Gasteiger partial charge in [0.05, 0.1) is 23.9 Å². The summed E-state index contributed by atoms with van der Waals surface area (Å²) in [6, 6.07) is 15.8. The van der Waals surface area contributed by atoms with E-state index in [0.29, 0.717) is 19.7 Å². The monoisotopic (exact) mass is 382 g/mol. The molecule has 0 saturated carbocycles. The summed E-state index contributed by atoms with van der Waals surface area (Å²) in [6.45, 7) is 3.24. The highest BCUT2D eigenvalue weighted by Gasteiger charge is 2.35. The molecule has 0 N–H and O–H groups in total. The third-order valence-electron chi connectivity index (χ3n) is 4.94. The highest BCUT2D eigenvalue weighted by molar-refractivity contribution is 7.99. The number of esters is 1. The van der Waals surface area contributed by atoms with Crippen molar-refractivity contribution in [2.24, 2.45) is 5.92 Å². The molecule has 4 rings (SSSR count). The van der Waals surface area contributed by atoms with E-state index in [-0.39, 0.29) is 17.9 Å². The van der Waals surface area contributed by atoms with Gasteiger partial charge in [0, 0.05) is 22.9 Å². The van der Waals surface area contributed by atoms with Gasteiger partial charge in [0.1, 0.15) is 0 Å². The number of likely N-dealkylation sites (tertiary alicyclic amines) is 1. The molecule has 1 saturated heterocycles. The van der Waals surface area contributed by atoms with Gasteiger partial charge < -0.3 is 9.64 Å². The Kier molecular flexibility index (Phi) is 5.07. The van der Waals surface area contributed by atoms with Crippen LogP contribution >= 0.6 is 11.8 Å². The Morgan fingerprint density at radius 2 is 1.70 bits per heavy atom. The molecule has 5 nitrogen and oxygen atoms in total. The van der Waals surface area contributed by atoms with Gasteiger partial charge in [0.15, 0.2) is 0 Å². The first-order valence-corrected chi connectivity index (χ1v) is 10.1. The largest absolute Gasteiger partial charge is 0.466 e. The van der Waals surface area contributed by atoms with E-state index in [9.17, 15) is 9.59 Å². The second-order valence-corrected chi connectivity index (χ2v) is 7.78. The molecule has 140 valence electrons. The Morgan fingerprint density at radius 3 is 2.33 bits per heavy atom. The van der Waals surface area contributed by atoms with Crippen molar-refractivity contribution in [3.8, 4) is 0 Å². The van der Waals surface area contributed by atoms with Gasteiger partial charge in [-0.2, -0.15) is 0 Å². The van der Waals surface area contributed by atoms with Crippen LogP contribution in [0, 0.1) is 5.92 Å². The van der Waals surface area contributed by atoms with Gasteiger partial charge in [-0.25, -0.2) is 4.79 Å². The van der Waals surface area contributed by atoms with Crippen molar-refractivity contribution in [3.63, 3.8) is 0 Å². The number of piperidine rings is 1. The number of carbonyl (C=O) groups excluding carboxylic acids is 2. The van der Waals surface area contributed by atoms with Crippen LogP contribution in [0.25, 0.3) is 0 Å². The smallest absolute Gasteiger partial charge is 0.329 e. The SMILES string of the molecule is CCOC(=O)[C@@H]1CCCN(C(=O)N2c3ccccc3Sc3ccccc32)C1. The molecule has 2 aliphatic heterocycles. The van der Waals surface area contributed by atoms with Crippen molar-refractivity contribution >= 4 is 35.1 Å². The summed E-state index contributed by atoms with van der Waals surface area (Å²) < 4.78 is 5.17. The number of amides is 2. The highest BCUT2D eigenvalue weighted by Crippen LogP contribution is 2.48. The van der Waals surface area contributed by atoms with Crippen LogP contribution in [0.5, 0.6) is 0 Å². The third-order valence-corrected chi connectivity index (χ3v) is 6.07. The first-order valence-electron chi connectivity index (χ1n) is 9.30. The molecule has 2 amide bonds. The molecular weight excluding hydrogens is 360 g/mol. The van der Waals surface area contributed by atoms with Crippen LogP contribution in [0.3, 0.4) is 0 Å². The number of ether oxygens (including phenoxy) is 1. The zero-order chi connectivity index (χ0) is 18.8. The van der Waals surface area contributed by atoms with E-state index in [4.69, 9.17) is 4.74 Å². The molecule has 1 fully saturated rings. The lowest BCUT2D eigenvalue weighted by Crippen LogP contribution is -2.48. The lowest BCUT2D eigenvalue weighted by Gasteiger charge is -2.38. The number of hydrogen-bond donors (Lipinski definition) is 0. The van der Waals surface area contributed by atoms with E-state index in [1.807, 2.05) is 55.5 Å². The number of carbonyl (C=O) groups is 2. The quantitative estimate of drug-likeness (QED) is 0.708. The maximum Gasteiger partial charge on any atom is 0.329 e. The minimum Gasteiger partial charge on any atom is -0.466 e. The Bertz CT molecular complexity index is 825. The van der Waals surface area contributed by atoms with E-state index in [1.165, 1.54) is 0 Å². The standard InChI is InChI=1S/C21H22N2O3S/c1-2-26-20(24)15-8-7-13-22(14-15)21(25)23-16-9-3-5-11-18(16)27-19-12-6-4-10-17(19)23/h3-6,9-12,15H,2,7-8,13-14H2,1H3/t15-/m1/s1. The van der Waals surface area contributed by atoms with E-state index < -0.39 is 0 Å². The van der Waals surface area contributed by atoms with Gasteiger partial charge >= 0.3 is 12.0 Å². The van der Waals surface area contributed by atoms with Crippen molar-refractivity contribution in [2.45, 2.75) is 29.6 Å². The zero-order valence-corrected chi connectivity index (χ0v) is 16.1. The van der Waals surface area contributed by atoms with Gasteiger partial charge in [-0.3, -0.25) is 9.69 Å². The Labute approximate surface area is 163 Å². The van der Waals surface area contributed by atoms with Crippen LogP contribution < -0.4 is 4.90 Å². The number of urea groups is 1. The molecule has 0 aliphatic carbocycles. The molecule has 2 aromatic carbocycles. The molecule has 0 bridgehead atoms. The van der Waals surface area contributed by atoms with Crippen molar-refractivity contribution in [3.05, 3.63) is 48.5 Å². The van der Waals surface area contributed by atoms with Crippen LogP contribution in [-0.2, 0) is 9.53 Å². The van der Waals surface area contributed by atoms with E-state index in [1.54, 1.807) is 21.6 Å². The maximum atomic E-state index is 13.5. The molecule has 0 aromatic heterocycles. The summed E-state index contributed by atoms with van der Waals surface area (Å²) in [5.74, 6) is -0.447. The molecule has 2 aliphatic rings. The van der Waals surface area contributed by atoms with Crippen molar-refractivity contribution < 1.29 is 14.3 Å². The molecule has 6 heteroatoms. The number of rotatable bonds is 2. The molecule has 0 spiro atoms. The number of nitrogens with zero attached hydrogens (tertiary/aromatic N) is 2. The predicted molar refractivity (Wildman–Crippen MR) is 105 cm³/mol. The number of fused-ring (bicyclic) bond motifs is 2. The molecule has 2 heterocycles. The summed E-state index contributed by atoms with van der Waals surface area (Å²) >= 11 is 1.68. The van der Waals surface area contributed by atoms with E-state index in [0.717, 1.165) is 34.0 Å². The number of anilines is 2. The molecule has 1 atom stereocenters. The van der Waals surface area contributed by atoms with E-state index >= 15 is 0 Å². The lowest BCUT2D eigenvalue weighted by atomic mass is 9.98. The molecular formula is C21H22N2O3S. The second kappa shape index (κ2) is 7.64. The summed E-state index contributed by atoms with van der Waals surface area (Å²) in [4.78, 5) is 31.3. The number of benzene rings is 2. The van der Waals surface area contributed by atoms with Crippen LogP contribution in [0.1, 0.15) is 19.8 Å². The van der Waals surface area contributed by atoms with Crippen LogP contribution in [-0.4, -0.2) is 36.6 Å². The zero-order valence-electron chi connectivity index (χ0n) is 15.3. The summed E-state index contributed by atoms with van der Waals surface area (Å²) in [7, 11) is 0. The summed E-state index contributed by atoms with van der Waals surface area (Å²) in [5.41, 5.74) is 1.79. The Morgan fingerprint density at radius 1 is 1.07 bits per heavy atom. The van der Waals surface area contributed by atoms with Crippen LogP contribution in [0.2, 0.25) is 0 Å². The maximum absolute atomic E-state index is 13.5. The predicted octanol–water partition coefficient (Wildman–Crippen LogP) is 4.68. The van der Waals surface area contributed by atoms with Gasteiger partial charge in [-0.15, -0.1) is 0 Å². The fraction of sp³-hybridized carbons (Fsp3) is 0.333. The molecule has 27 heavy (non-hydrogen) atoms. The Balaban J connectivity index is 1.65. The van der Waals surface area contributed by atoms with Crippen LogP contribution in [0.4, 0.5) is 16.2 Å². The topological polar surface area (TPSA) is 49.9 Å². The molecule has 0 unspecified atom stereocenters. The minimum atomic E-state index is -0.243. The fourth-order valence-electron chi connectivity index (χ4n) is 3.66. The molecule has 0 radical (unpaired) electrons. The minimum absolute atomic E-state index is 0.0794. The number of hydrogen-bond acceptors (Lipinski definition) is 4. The van der Waals surface area contributed by atoms with Gasteiger partial charge in [0.2, 0.25) is 0 Å². The van der Waals surface area contributed by atoms with Gasteiger partial charge in [-0.05, 0) is 44.0 Å². The highest BCUT2D eigenvalue weighted by atomic mass is 32.2. The Hall–Kier alpha value is -2.47. The third kappa shape index (κ3) is 3.41. The van der Waals surface area contributed by atoms with E-state index in [2.05, 4.69) is 0 Å². The summed E-state index contributed by atoms with van der Waals surface area (Å²) in [6.07, 6.45) is 1.58. The van der Waals surface area contributed by atoms with Crippen molar-refractivity contribution in [1.29, 1.82) is 0 Å².